The quantitative estimate of drug-likeness (QED) is 0.183. The van der Waals surface area contributed by atoms with E-state index in [1.165, 1.54) is 18.4 Å². The fourth-order valence-corrected chi connectivity index (χ4v) is 5.54. The Hall–Kier alpha value is -3.26. The summed E-state index contributed by atoms with van der Waals surface area (Å²) in [7, 11) is 3.16. The Kier molecular flexibility index (Phi) is 6.81. The molecule has 0 N–H and O–H groups in total. The van der Waals surface area contributed by atoms with Crippen molar-refractivity contribution in [2.75, 3.05) is 14.2 Å². The first-order valence-corrected chi connectivity index (χ1v) is 13.0. The van der Waals surface area contributed by atoms with Crippen LogP contribution in [-0.4, -0.2) is 33.2 Å². The Balaban J connectivity index is 1.52. The average Bonchev–Trinajstić information content (AvgIpc) is 3.31. The number of methoxy groups -OCH3 is 2. The third-order valence-corrected chi connectivity index (χ3v) is 7.55. The van der Waals surface area contributed by atoms with E-state index in [0.29, 0.717) is 39.9 Å². The Morgan fingerprint density at radius 2 is 1.94 bits per heavy atom. The Morgan fingerprint density at radius 3 is 2.69 bits per heavy atom. The lowest BCUT2D eigenvalue weighted by molar-refractivity contribution is 0.355. The van der Waals surface area contributed by atoms with Crippen LogP contribution in [0.2, 0.25) is 0 Å². The number of fused-ring (bicyclic) bond motifs is 2. The Labute approximate surface area is 208 Å². The maximum Gasteiger partial charge on any atom is 0.262 e. The number of aromatic nitrogens is 4. The molecule has 1 aliphatic carbocycles. The first-order valence-electron chi connectivity index (χ1n) is 12.0. The lowest BCUT2D eigenvalue weighted by Gasteiger charge is -2.17. The number of imidazole rings is 1. The molecule has 4 aromatic rings. The molecule has 0 spiro atoms. The normalized spacial score (nSPS) is 13.9. The fraction of sp³-hybridized carbons (Fsp3) is 0.370. The van der Waals surface area contributed by atoms with Gasteiger partial charge in [0.2, 0.25) is 0 Å². The molecule has 0 saturated heterocycles. The molecule has 0 aliphatic heterocycles. The fourth-order valence-electron chi connectivity index (χ4n) is 4.63. The van der Waals surface area contributed by atoms with Gasteiger partial charge < -0.3 is 13.9 Å². The summed E-state index contributed by atoms with van der Waals surface area (Å²) in [5, 5.41) is 1.23. The summed E-state index contributed by atoms with van der Waals surface area (Å²) in [6.45, 7) is 2.66. The van der Waals surface area contributed by atoms with Crippen molar-refractivity contribution in [3.05, 3.63) is 69.9 Å². The summed E-state index contributed by atoms with van der Waals surface area (Å²) in [4.78, 5) is 23.4. The first kappa shape index (κ1) is 23.5. The highest BCUT2D eigenvalue weighted by atomic mass is 32.2. The van der Waals surface area contributed by atoms with Crippen LogP contribution in [0.3, 0.4) is 0 Å². The number of hydrogen-bond acceptors (Lipinski definition) is 6. The molecule has 3 aromatic heterocycles. The maximum absolute atomic E-state index is 13.7. The molecule has 8 heteroatoms. The van der Waals surface area contributed by atoms with Crippen LogP contribution in [0.1, 0.15) is 43.4 Å². The summed E-state index contributed by atoms with van der Waals surface area (Å²) in [6.07, 6.45) is 12.0. The van der Waals surface area contributed by atoms with E-state index in [1.807, 2.05) is 27.4 Å². The number of hydrogen-bond donors (Lipinski definition) is 0. The molecule has 1 aromatic carbocycles. The van der Waals surface area contributed by atoms with E-state index in [4.69, 9.17) is 19.4 Å². The van der Waals surface area contributed by atoms with Gasteiger partial charge in [0.25, 0.3) is 5.56 Å². The molecule has 0 fully saturated rings. The standard InChI is InChI=1S/C27H30N4O3S/c1-18-8-7-12-30-16-20(28-25(18)30)17-35-27-29-22-15-24(34-3)23(33-2)14-21(22)26(32)31(27)13-11-19-9-5-4-6-10-19/h7-9,12,14-16H,4-6,10-11,13,17H2,1-3H3. The van der Waals surface area contributed by atoms with Gasteiger partial charge in [0.05, 0.1) is 30.8 Å². The topological polar surface area (TPSA) is 70.7 Å². The lowest BCUT2D eigenvalue weighted by Crippen LogP contribution is -2.24. The highest BCUT2D eigenvalue weighted by Crippen LogP contribution is 2.32. The van der Waals surface area contributed by atoms with Crippen molar-refractivity contribution in [3.63, 3.8) is 0 Å². The molecule has 0 amide bonds. The molecule has 182 valence electrons. The van der Waals surface area contributed by atoms with Crippen LogP contribution < -0.4 is 15.0 Å². The molecule has 0 atom stereocenters. The van der Waals surface area contributed by atoms with Crippen molar-refractivity contribution in [1.82, 2.24) is 18.9 Å². The number of allylic oxidation sites excluding steroid dienone is 2. The van der Waals surface area contributed by atoms with Crippen molar-refractivity contribution in [2.24, 2.45) is 0 Å². The monoisotopic (exact) mass is 490 g/mol. The highest BCUT2D eigenvalue weighted by molar-refractivity contribution is 7.98. The van der Waals surface area contributed by atoms with Crippen molar-refractivity contribution in [3.8, 4) is 11.5 Å². The SMILES string of the molecule is COc1cc2nc(SCc3cn4cccc(C)c4n3)n(CCC3=CCCCC3)c(=O)c2cc1OC. The molecule has 0 bridgehead atoms. The zero-order chi connectivity index (χ0) is 24.4. The summed E-state index contributed by atoms with van der Waals surface area (Å²) in [5.41, 5.74) is 5.02. The zero-order valence-corrected chi connectivity index (χ0v) is 21.2. The minimum absolute atomic E-state index is 0.0549. The van der Waals surface area contributed by atoms with E-state index >= 15 is 0 Å². The number of benzene rings is 1. The smallest absolute Gasteiger partial charge is 0.262 e. The van der Waals surface area contributed by atoms with E-state index in [2.05, 4.69) is 19.1 Å². The third-order valence-electron chi connectivity index (χ3n) is 6.54. The number of thioether (sulfide) groups is 1. The number of aryl methyl sites for hydroxylation is 1. The van der Waals surface area contributed by atoms with Gasteiger partial charge in [-0.15, -0.1) is 0 Å². The molecule has 5 rings (SSSR count). The van der Waals surface area contributed by atoms with Crippen LogP contribution in [0, 0.1) is 6.92 Å². The summed E-state index contributed by atoms with van der Waals surface area (Å²) >= 11 is 1.54. The third kappa shape index (κ3) is 4.80. The van der Waals surface area contributed by atoms with Crippen molar-refractivity contribution < 1.29 is 9.47 Å². The lowest BCUT2D eigenvalue weighted by atomic mass is 9.97. The van der Waals surface area contributed by atoms with E-state index in [0.717, 1.165) is 36.2 Å². The molecular weight excluding hydrogens is 460 g/mol. The van der Waals surface area contributed by atoms with Crippen LogP contribution in [0.4, 0.5) is 0 Å². The molecule has 0 saturated carbocycles. The van der Waals surface area contributed by atoms with Gasteiger partial charge >= 0.3 is 0 Å². The largest absolute Gasteiger partial charge is 0.493 e. The second-order valence-corrected chi connectivity index (χ2v) is 9.82. The van der Waals surface area contributed by atoms with Gasteiger partial charge in [-0.3, -0.25) is 9.36 Å². The van der Waals surface area contributed by atoms with Gasteiger partial charge in [0.15, 0.2) is 16.7 Å². The van der Waals surface area contributed by atoms with Crippen LogP contribution in [0.25, 0.3) is 16.6 Å². The number of nitrogens with zero attached hydrogens (tertiary/aromatic N) is 4. The van der Waals surface area contributed by atoms with Gasteiger partial charge in [0.1, 0.15) is 5.65 Å². The average molecular weight is 491 g/mol. The minimum Gasteiger partial charge on any atom is -0.493 e. The van der Waals surface area contributed by atoms with Gasteiger partial charge in [-0.25, -0.2) is 9.97 Å². The summed E-state index contributed by atoms with van der Waals surface area (Å²) in [6, 6.07) is 7.59. The predicted octanol–water partition coefficient (Wildman–Crippen LogP) is 5.55. The van der Waals surface area contributed by atoms with Gasteiger partial charge in [-0.2, -0.15) is 0 Å². The van der Waals surface area contributed by atoms with Crippen molar-refractivity contribution in [1.29, 1.82) is 0 Å². The Morgan fingerprint density at radius 1 is 1.11 bits per heavy atom. The molecule has 0 radical (unpaired) electrons. The number of rotatable bonds is 8. The molecular formula is C27H30N4O3S. The van der Waals surface area contributed by atoms with Crippen LogP contribution in [-0.2, 0) is 12.3 Å². The van der Waals surface area contributed by atoms with Gasteiger partial charge in [-0.05, 0) is 56.7 Å². The van der Waals surface area contributed by atoms with E-state index in [1.54, 1.807) is 38.1 Å². The van der Waals surface area contributed by atoms with E-state index in [9.17, 15) is 4.79 Å². The molecule has 3 heterocycles. The highest BCUT2D eigenvalue weighted by Gasteiger charge is 2.17. The van der Waals surface area contributed by atoms with E-state index < -0.39 is 0 Å². The van der Waals surface area contributed by atoms with Gasteiger partial charge in [-0.1, -0.05) is 29.5 Å². The number of ether oxygens (including phenoxy) is 2. The molecule has 35 heavy (non-hydrogen) atoms. The first-order chi connectivity index (χ1) is 17.1. The van der Waals surface area contributed by atoms with Crippen LogP contribution in [0.15, 0.2) is 58.3 Å². The van der Waals surface area contributed by atoms with Gasteiger partial charge in [0, 0.05) is 30.8 Å². The van der Waals surface area contributed by atoms with Crippen LogP contribution >= 0.6 is 11.8 Å². The van der Waals surface area contributed by atoms with Crippen molar-refractivity contribution >= 4 is 28.3 Å². The maximum atomic E-state index is 13.7. The minimum atomic E-state index is -0.0549. The van der Waals surface area contributed by atoms with Crippen molar-refractivity contribution in [2.45, 2.75) is 56.5 Å². The Bertz CT molecular complexity index is 1470. The number of pyridine rings is 1. The molecule has 0 unspecified atom stereocenters. The zero-order valence-electron chi connectivity index (χ0n) is 20.4. The predicted molar refractivity (Wildman–Crippen MR) is 140 cm³/mol. The summed E-state index contributed by atoms with van der Waals surface area (Å²) in [5.74, 6) is 1.71. The van der Waals surface area contributed by atoms with E-state index in [-0.39, 0.29) is 5.56 Å². The molecule has 7 nitrogen and oxygen atoms in total. The summed E-state index contributed by atoms with van der Waals surface area (Å²) < 4.78 is 14.8. The second kappa shape index (κ2) is 10.2. The van der Waals surface area contributed by atoms with Crippen LogP contribution in [0.5, 0.6) is 11.5 Å². The second-order valence-electron chi connectivity index (χ2n) is 8.88. The molecule has 1 aliphatic rings.